The van der Waals surface area contributed by atoms with E-state index in [2.05, 4.69) is 30.9 Å². The van der Waals surface area contributed by atoms with E-state index in [1.807, 2.05) is 35.4 Å². The Morgan fingerprint density at radius 2 is 2.04 bits per heavy atom. The van der Waals surface area contributed by atoms with Crippen LogP contribution in [0.1, 0.15) is 40.0 Å². The third-order valence-electron chi connectivity index (χ3n) is 4.74. The van der Waals surface area contributed by atoms with E-state index in [0.717, 1.165) is 23.0 Å². The quantitative estimate of drug-likeness (QED) is 0.892. The van der Waals surface area contributed by atoms with Crippen molar-refractivity contribution in [1.82, 2.24) is 9.99 Å². The van der Waals surface area contributed by atoms with Crippen LogP contribution in [-0.4, -0.2) is 40.6 Å². The molecule has 2 aromatic rings. The van der Waals surface area contributed by atoms with Gasteiger partial charge in [-0.2, -0.15) is 5.10 Å². The fraction of sp³-hybridized carbons (Fsp3) is 0.450. The van der Waals surface area contributed by atoms with Gasteiger partial charge in [0.15, 0.2) is 0 Å². The van der Waals surface area contributed by atoms with E-state index in [-0.39, 0.29) is 17.9 Å². The molecular weight excluding hydrogens is 328 g/mol. The molecule has 0 spiro atoms. The molecule has 0 aliphatic carbocycles. The summed E-state index contributed by atoms with van der Waals surface area (Å²) >= 11 is 0. The molecule has 0 fully saturated rings. The highest BCUT2D eigenvalue weighted by Crippen LogP contribution is 2.26. The zero-order valence-corrected chi connectivity index (χ0v) is 15.8. The molecule has 1 N–H and O–H groups in total. The van der Waals surface area contributed by atoms with Crippen molar-refractivity contribution in [2.45, 2.75) is 46.1 Å². The SMILES string of the molecule is CC(C)CC(C)N(C(=O)C1=NN(C)C(=O)CC1)c1ccc2[nH]ccc2c1. The van der Waals surface area contributed by atoms with Crippen molar-refractivity contribution in [3.05, 3.63) is 30.5 Å². The lowest BCUT2D eigenvalue weighted by Gasteiger charge is -2.32. The molecular formula is C20H26N4O2. The van der Waals surface area contributed by atoms with Gasteiger partial charge in [0, 0.05) is 48.7 Å². The van der Waals surface area contributed by atoms with Crippen molar-refractivity contribution in [3.63, 3.8) is 0 Å². The highest BCUT2D eigenvalue weighted by atomic mass is 16.2. The first-order valence-corrected chi connectivity index (χ1v) is 9.11. The predicted octanol–water partition coefficient (Wildman–Crippen LogP) is 3.54. The number of H-pyrrole nitrogens is 1. The number of hydrogen-bond acceptors (Lipinski definition) is 3. The molecule has 0 bridgehead atoms. The van der Waals surface area contributed by atoms with E-state index in [9.17, 15) is 9.59 Å². The first kappa shape index (κ1) is 18.2. The van der Waals surface area contributed by atoms with Gasteiger partial charge in [0.2, 0.25) is 5.91 Å². The van der Waals surface area contributed by atoms with Gasteiger partial charge in [-0.3, -0.25) is 9.59 Å². The van der Waals surface area contributed by atoms with Crippen molar-refractivity contribution >= 4 is 34.1 Å². The summed E-state index contributed by atoms with van der Waals surface area (Å²) in [5, 5.41) is 6.57. The van der Waals surface area contributed by atoms with Crippen LogP contribution in [0.4, 0.5) is 5.69 Å². The summed E-state index contributed by atoms with van der Waals surface area (Å²) < 4.78 is 0. The Kier molecular flexibility index (Phi) is 5.11. The molecule has 1 aliphatic rings. The monoisotopic (exact) mass is 354 g/mol. The summed E-state index contributed by atoms with van der Waals surface area (Å²) in [6, 6.07) is 8.01. The van der Waals surface area contributed by atoms with E-state index >= 15 is 0 Å². The molecule has 1 aliphatic heterocycles. The van der Waals surface area contributed by atoms with Crippen molar-refractivity contribution < 1.29 is 9.59 Å². The summed E-state index contributed by atoms with van der Waals surface area (Å²) in [4.78, 5) is 30.0. The van der Waals surface area contributed by atoms with Crippen molar-refractivity contribution in [1.29, 1.82) is 0 Å². The lowest BCUT2D eigenvalue weighted by atomic mass is 10.0. The molecule has 0 saturated heterocycles. The topological polar surface area (TPSA) is 68.8 Å². The van der Waals surface area contributed by atoms with Crippen molar-refractivity contribution in [2.75, 3.05) is 11.9 Å². The molecule has 0 saturated carbocycles. The first-order chi connectivity index (χ1) is 12.4. The van der Waals surface area contributed by atoms with Gasteiger partial charge in [-0.15, -0.1) is 0 Å². The zero-order chi connectivity index (χ0) is 18.8. The number of amides is 2. The molecule has 1 atom stereocenters. The molecule has 1 aromatic carbocycles. The van der Waals surface area contributed by atoms with Crippen LogP contribution < -0.4 is 4.90 Å². The summed E-state index contributed by atoms with van der Waals surface area (Å²) in [6.45, 7) is 6.37. The minimum absolute atomic E-state index is 0.0320. The highest BCUT2D eigenvalue weighted by molar-refractivity contribution is 6.44. The van der Waals surface area contributed by atoms with Crippen LogP contribution in [0.3, 0.4) is 0 Å². The van der Waals surface area contributed by atoms with E-state index in [0.29, 0.717) is 24.5 Å². The Bertz CT molecular complexity index is 852. The van der Waals surface area contributed by atoms with Gasteiger partial charge in [0.25, 0.3) is 5.91 Å². The van der Waals surface area contributed by atoms with Gasteiger partial charge < -0.3 is 9.88 Å². The maximum absolute atomic E-state index is 13.3. The fourth-order valence-corrected chi connectivity index (χ4v) is 3.51. The van der Waals surface area contributed by atoms with Crippen molar-refractivity contribution in [2.24, 2.45) is 11.0 Å². The van der Waals surface area contributed by atoms with Crippen LogP contribution in [0, 0.1) is 5.92 Å². The number of aromatic nitrogens is 1. The molecule has 2 heterocycles. The van der Waals surface area contributed by atoms with Gasteiger partial charge in [-0.25, -0.2) is 5.01 Å². The van der Waals surface area contributed by atoms with Crippen molar-refractivity contribution in [3.8, 4) is 0 Å². The maximum Gasteiger partial charge on any atom is 0.274 e. The Morgan fingerprint density at radius 1 is 1.27 bits per heavy atom. The molecule has 3 rings (SSSR count). The summed E-state index contributed by atoms with van der Waals surface area (Å²) in [7, 11) is 1.60. The average molecular weight is 354 g/mol. The second-order valence-electron chi connectivity index (χ2n) is 7.37. The van der Waals surface area contributed by atoms with E-state index < -0.39 is 0 Å². The van der Waals surface area contributed by atoms with Crippen LogP contribution in [0.25, 0.3) is 10.9 Å². The minimum atomic E-state index is -0.118. The lowest BCUT2D eigenvalue weighted by Crippen LogP contribution is -2.45. The molecule has 6 heteroatoms. The molecule has 138 valence electrons. The number of benzene rings is 1. The van der Waals surface area contributed by atoms with Crippen LogP contribution in [0.15, 0.2) is 35.6 Å². The normalized spacial score (nSPS) is 16.1. The van der Waals surface area contributed by atoms with Gasteiger partial charge in [-0.1, -0.05) is 13.8 Å². The number of carbonyl (C=O) groups excluding carboxylic acids is 2. The molecule has 0 radical (unpaired) electrons. The predicted molar refractivity (Wildman–Crippen MR) is 104 cm³/mol. The van der Waals surface area contributed by atoms with Crippen LogP contribution in [0.5, 0.6) is 0 Å². The number of nitrogens with zero attached hydrogens (tertiary/aromatic N) is 3. The molecule has 2 amide bonds. The standard InChI is InChI=1S/C20H26N4O2/c1-13(2)11-14(3)24(16-5-6-17-15(12-16)9-10-21-17)20(26)18-7-8-19(25)23(4)22-18/h5-6,9-10,12-14,21H,7-8,11H2,1-4H3. The smallest absolute Gasteiger partial charge is 0.274 e. The molecule has 1 aromatic heterocycles. The number of carbonyl (C=O) groups is 2. The van der Waals surface area contributed by atoms with Crippen LogP contribution >= 0.6 is 0 Å². The second kappa shape index (κ2) is 7.32. The van der Waals surface area contributed by atoms with E-state index in [4.69, 9.17) is 0 Å². The van der Waals surface area contributed by atoms with Gasteiger partial charge in [-0.05, 0) is 43.5 Å². The molecule has 26 heavy (non-hydrogen) atoms. The Hall–Kier alpha value is -2.63. The fourth-order valence-electron chi connectivity index (χ4n) is 3.51. The number of aromatic amines is 1. The largest absolute Gasteiger partial charge is 0.361 e. The third kappa shape index (κ3) is 3.64. The number of rotatable bonds is 5. The Balaban J connectivity index is 1.98. The number of fused-ring (bicyclic) bond motifs is 1. The number of hydrogen-bond donors (Lipinski definition) is 1. The lowest BCUT2D eigenvalue weighted by molar-refractivity contribution is -0.130. The summed E-state index contributed by atoms with van der Waals surface area (Å²) in [5.41, 5.74) is 2.34. The Morgan fingerprint density at radius 3 is 2.73 bits per heavy atom. The van der Waals surface area contributed by atoms with E-state index in [1.165, 1.54) is 5.01 Å². The average Bonchev–Trinajstić information content (AvgIpc) is 3.04. The van der Waals surface area contributed by atoms with Crippen LogP contribution in [0.2, 0.25) is 0 Å². The first-order valence-electron chi connectivity index (χ1n) is 9.11. The highest BCUT2D eigenvalue weighted by Gasteiger charge is 2.30. The van der Waals surface area contributed by atoms with Gasteiger partial charge in [0.1, 0.15) is 5.71 Å². The van der Waals surface area contributed by atoms with E-state index in [1.54, 1.807) is 7.05 Å². The van der Waals surface area contributed by atoms with Gasteiger partial charge in [0.05, 0.1) is 0 Å². The number of nitrogens with one attached hydrogen (secondary N) is 1. The summed E-state index contributed by atoms with van der Waals surface area (Å²) in [5.74, 6) is 0.290. The van der Waals surface area contributed by atoms with Crippen LogP contribution in [-0.2, 0) is 9.59 Å². The maximum atomic E-state index is 13.3. The minimum Gasteiger partial charge on any atom is -0.361 e. The Labute approximate surface area is 153 Å². The summed E-state index contributed by atoms with van der Waals surface area (Å²) in [6.07, 6.45) is 3.49. The second-order valence-corrected chi connectivity index (χ2v) is 7.37. The zero-order valence-electron chi connectivity index (χ0n) is 15.8. The molecule has 1 unspecified atom stereocenters. The number of anilines is 1. The number of hydrazone groups is 1. The molecule has 6 nitrogen and oxygen atoms in total. The van der Waals surface area contributed by atoms with Gasteiger partial charge >= 0.3 is 0 Å². The third-order valence-corrected chi connectivity index (χ3v) is 4.74.